The van der Waals surface area contributed by atoms with Gasteiger partial charge in [0, 0.05) is 16.0 Å². The monoisotopic (exact) mass is 451 g/mol. The summed E-state index contributed by atoms with van der Waals surface area (Å²) in [7, 11) is -4.31. The number of benzene rings is 3. The molecule has 0 aromatic heterocycles. The largest absolute Gasteiger partial charge is 0.362 e. The molecule has 0 spiro atoms. The van der Waals surface area contributed by atoms with Crippen LogP contribution in [0, 0.1) is 6.92 Å². The van der Waals surface area contributed by atoms with Gasteiger partial charge < -0.3 is 5.11 Å². The van der Waals surface area contributed by atoms with Crippen molar-refractivity contribution < 1.29 is 18.3 Å². The fourth-order valence-electron chi connectivity index (χ4n) is 3.85. The van der Waals surface area contributed by atoms with Crippen molar-refractivity contribution in [2.75, 3.05) is 0 Å². The predicted molar refractivity (Wildman–Crippen MR) is 115 cm³/mol. The fourth-order valence-corrected chi connectivity index (χ4v) is 6.56. The van der Waals surface area contributed by atoms with Gasteiger partial charge in [-0.25, -0.2) is 0 Å². The Morgan fingerprint density at radius 3 is 2.29 bits per heavy atom. The molecule has 156 valence electrons. The molecule has 5 rings (SSSR count). The fraction of sp³-hybridized carbons (Fsp3) is 0.136. The van der Waals surface area contributed by atoms with Gasteiger partial charge in [-0.2, -0.15) is 8.42 Å². The lowest BCUT2D eigenvalue weighted by Crippen LogP contribution is -2.54. The van der Waals surface area contributed by atoms with E-state index in [2.05, 4.69) is 10.3 Å². The number of rotatable bonds is 4. The highest BCUT2D eigenvalue weighted by molar-refractivity contribution is 8.01. The number of nitrogens with zero attached hydrogens (tertiary/aromatic N) is 3. The van der Waals surface area contributed by atoms with E-state index in [0.717, 1.165) is 17.3 Å². The molecule has 1 heterocycles. The van der Waals surface area contributed by atoms with Crippen LogP contribution in [0.15, 0.2) is 99.0 Å². The standard InChI is InChI=1S/C22H17N3O4S2/c1-15-11-13-17(14-12-15)31(28,29)25-22(27)19-10-6-5-9-18(19)20(26)21(22,23-24-25)30-16-7-3-2-4-8-16/h2-14,27H,1H3. The van der Waals surface area contributed by atoms with E-state index in [1.54, 1.807) is 54.6 Å². The topological polar surface area (TPSA) is 99.4 Å². The Balaban J connectivity index is 1.71. The lowest BCUT2D eigenvalue weighted by Gasteiger charge is -2.35. The minimum absolute atomic E-state index is 0.0529. The summed E-state index contributed by atoms with van der Waals surface area (Å²) in [6.07, 6.45) is 0. The number of ketones is 1. The molecule has 0 saturated heterocycles. The number of thioether (sulfide) groups is 1. The summed E-state index contributed by atoms with van der Waals surface area (Å²) in [5.74, 6) is -0.496. The van der Waals surface area contributed by atoms with Crippen LogP contribution in [0.2, 0.25) is 0 Å². The van der Waals surface area contributed by atoms with Gasteiger partial charge in [-0.05, 0) is 31.2 Å². The van der Waals surface area contributed by atoms with Gasteiger partial charge in [0.05, 0.1) is 4.90 Å². The predicted octanol–water partition coefficient (Wildman–Crippen LogP) is 3.90. The lowest BCUT2D eigenvalue weighted by molar-refractivity contribution is -0.0591. The van der Waals surface area contributed by atoms with Gasteiger partial charge >= 0.3 is 0 Å². The van der Waals surface area contributed by atoms with Gasteiger partial charge in [0.15, 0.2) is 0 Å². The Labute approximate surface area is 183 Å². The van der Waals surface area contributed by atoms with Gasteiger partial charge in [0.2, 0.25) is 16.4 Å². The molecule has 1 aliphatic carbocycles. The number of carbonyl (C=O) groups is 1. The molecule has 2 atom stereocenters. The van der Waals surface area contributed by atoms with Gasteiger partial charge in [-0.3, -0.25) is 4.79 Å². The van der Waals surface area contributed by atoms with Crippen LogP contribution in [0.3, 0.4) is 0 Å². The number of sulfonamides is 1. The molecule has 0 amide bonds. The van der Waals surface area contributed by atoms with E-state index >= 15 is 0 Å². The molecule has 1 aliphatic heterocycles. The normalized spacial score (nSPS) is 24.3. The third kappa shape index (κ3) is 2.63. The van der Waals surface area contributed by atoms with Crippen molar-refractivity contribution in [3.63, 3.8) is 0 Å². The van der Waals surface area contributed by atoms with Crippen LogP contribution in [-0.4, -0.2) is 28.6 Å². The molecule has 31 heavy (non-hydrogen) atoms. The molecule has 1 N–H and O–H groups in total. The third-order valence-corrected chi connectivity index (χ3v) is 8.44. The van der Waals surface area contributed by atoms with Crippen LogP contribution < -0.4 is 0 Å². The Hall–Kier alpha value is -3.01. The van der Waals surface area contributed by atoms with Crippen molar-refractivity contribution in [2.45, 2.75) is 27.3 Å². The Morgan fingerprint density at radius 2 is 1.58 bits per heavy atom. The highest BCUT2D eigenvalue weighted by atomic mass is 32.2. The summed E-state index contributed by atoms with van der Waals surface area (Å²) in [6, 6.07) is 21.5. The zero-order valence-corrected chi connectivity index (χ0v) is 18.0. The second-order valence-electron chi connectivity index (χ2n) is 7.36. The molecule has 0 fully saturated rings. The average molecular weight is 452 g/mol. The number of Topliss-reactive ketones (excluding diaryl/α,β-unsaturated/α-hetero) is 1. The summed E-state index contributed by atoms with van der Waals surface area (Å²) in [6.45, 7) is 1.84. The quantitative estimate of drug-likeness (QED) is 0.649. The Kier molecular flexibility index (Phi) is 4.34. The molecule has 0 radical (unpaired) electrons. The smallest absolute Gasteiger partial charge is 0.283 e. The van der Waals surface area contributed by atoms with E-state index < -0.39 is 26.4 Å². The highest BCUT2D eigenvalue weighted by Crippen LogP contribution is 2.60. The van der Waals surface area contributed by atoms with Crippen LogP contribution in [0.25, 0.3) is 0 Å². The number of aliphatic hydroxyl groups is 1. The van der Waals surface area contributed by atoms with Gasteiger partial charge in [0.1, 0.15) is 0 Å². The van der Waals surface area contributed by atoms with E-state index in [1.807, 2.05) is 13.0 Å². The van der Waals surface area contributed by atoms with Crippen molar-refractivity contribution in [1.82, 2.24) is 4.41 Å². The summed E-state index contributed by atoms with van der Waals surface area (Å²) < 4.78 is 27.6. The first kappa shape index (κ1) is 19.9. The zero-order valence-electron chi connectivity index (χ0n) is 16.3. The van der Waals surface area contributed by atoms with Crippen molar-refractivity contribution in [1.29, 1.82) is 0 Å². The maximum absolute atomic E-state index is 13.5. The Morgan fingerprint density at radius 1 is 0.935 bits per heavy atom. The second kappa shape index (κ2) is 6.74. The van der Waals surface area contributed by atoms with Crippen molar-refractivity contribution in [2.24, 2.45) is 10.3 Å². The molecule has 0 saturated carbocycles. The molecule has 7 nitrogen and oxygen atoms in total. The van der Waals surface area contributed by atoms with Crippen LogP contribution in [-0.2, 0) is 15.7 Å². The van der Waals surface area contributed by atoms with Crippen LogP contribution >= 0.6 is 11.8 Å². The summed E-state index contributed by atoms with van der Waals surface area (Å²) in [4.78, 5) is 12.2. The first-order valence-electron chi connectivity index (χ1n) is 9.46. The summed E-state index contributed by atoms with van der Waals surface area (Å²) in [5, 5.41) is 20.0. The molecule has 9 heteroatoms. The van der Waals surface area contributed by atoms with E-state index in [-0.39, 0.29) is 16.0 Å². The molecule has 2 aliphatic rings. The summed E-state index contributed by atoms with van der Waals surface area (Å²) >= 11 is 0.984. The third-order valence-electron chi connectivity index (χ3n) is 5.43. The molecule has 0 bridgehead atoms. The van der Waals surface area contributed by atoms with E-state index in [1.165, 1.54) is 18.2 Å². The first-order chi connectivity index (χ1) is 14.8. The number of fused-ring (bicyclic) bond motifs is 3. The number of carbonyl (C=O) groups excluding carboxylic acids is 1. The van der Waals surface area contributed by atoms with E-state index in [0.29, 0.717) is 9.31 Å². The maximum atomic E-state index is 13.5. The minimum atomic E-state index is -4.31. The highest BCUT2D eigenvalue weighted by Gasteiger charge is 2.73. The zero-order chi connectivity index (χ0) is 21.9. The second-order valence-corrected chi connectivity index (χ2v) is 10.4. The molecule has 3 aromatic rings. The Bertz CT molecular complexity index is 1330. The number of aryl methyl sites for hydroxylation is 1. The molecular formula is C22H17N3O4S2. The van der Waals surface area contributed by atoms with Gasteiger partial charge in [0.25, 0.3) is 10.0 Å². The molecular weight excluding hydrogens is 434 g/mol. The van der Waals surface area contributed by atoms with E-state index in [9.17, 15) is 18.3 Å². The average Bonchev–Trinajstić information content (AvgIpc) is 3.17. The molecule has 2 unspecified atom stereocenters. The minimum Gasteiger partial charge on any atom is -0.362 e. The van der Waals surface area contributed by atoms with Crippen LogP contribution in [0.1, 0.15) is 21.5 Å². The SMILES string of the molecule is Cc1ccc(S(=O)(=O)N2N=NC3(Sc4ccccc4)C(=O)c4ccccc4C23O)cc1. The van der Waals surface area contributed by atoms with E-state index in [4.69, 9.17) is 0 Å². The number of hydrogen-bond donors (Lipinski definition) is 1. The van der Waals surface area contributed by atoms with Crippen molar-refractivity contribution in [3.8, 4) is 0 Å². The number of hydrogen-bond acceptors (Lipinski definition) is 7. The van der Waals surface area contributed by atoms with Gasteiger partial charge in [-0.15, -0.1) is 9.53 Å². The van der Waals surface area contributed by atoms with Crippen LogP contribution in [0.5, 0.6) is 0 Å². The maximum Gasteiger partial charge on any atom is 0.283 e. The van der Waals surface area contributed by atoms with Crippen molar-refractivity contribution in [3.05, 3.63) is 95.6 Å². The first-order valence-corrected chi connectivity index (χ1v) is 11.7. The van der Waals surface area contributed by atoms with Gasteiger partial charge in [-0.1, -0.05) is 77.1 Å². The lowest BCUT2D eigenvalue weighted by atomic mass is 10.0. The summed E-state index contributed by atoms with van der Waals surface area (Å²) in [5.41, 5.74) is -1.05. The van der Waals surface area contributed by atoms with Crippen LogP contribution in [0.4, 0.5) is 0 Å². The van der Waals surface area contributed by atoms with Crippen molar-refractivity contribution >= 4 is 27.6 Å². The molecule has 3 aromatic carbocycles.